The van der Waals surface area contributed by atoms with Gasteiger partial charge in [0.15, 0.2) is 31.1 Å². The normalized spacial score (nSPS) is 25.5. The summed E-state index contributed by atoms with van der Waals surface area (Å²) in [6, 6.07) is 14.3. The molecule has 14 nitrogen and oxygen atoms in total. The zero-order valence-corrected chi connectivity index (χ0v) is 51.6. The van der Waals surface area contributed by atoms with Gasteiger partial charge in [-0.15, -0.1) is 0 Å². The second-order valence-electron chi connectivity index (χ2n) is 21.3. The summed E-state index contributed by atoms with van der Waals surface area (Å²) in [5.41, 5.74) is -1.05. The average Bonchev–Trinajstić information content (AvgIpc) is 4.16. The molecule has 1 aromatic rings. The fraction of sp³-hybridized carbons (Fsp3) is 0.754. The van der Waals surface area contributed by atoms with Crippen molar-refractivity contribution in [2.75, 3.05) is 19.8 Å². The smallest absolute Gasteiger partial charge is 0.457 e. The van der Waals surface area contributed by atoms with Crippen molar-refractivity contribution in [3.63, 3.8) is 0 Å². The molecule has 0 bridgehead atoms. The number of allylic oxidation sites excluding steroid dienone is 2. The van der Waals surface area contributed by atoms with Crippen LogP contribution >= 0.6 is 0 Å². The summed E-state index contributed by atoms with van der Waals surface area (Å²) in [4.78, 5) is 38.8. The number of rotatable bonds is 31. The Balaban J connectivity index is 2.10. The van der Waals surface area contributed by atoms with Gasteiger partial charge in [-0.3, -0.25) is 14.9 Å². The largest absolute Gasteiger partial charge is 0.514 e. The Morgan fingerprint density at radius 2 is 1.49 bits per heavy atom. The number of hydrogen-bond donors (Lipinski definition) is 0. The van der Waals surface area contributed by atoms with Crippen LogP contribution in [0.4, 0.5) is 10.5 Å². The minimum Gasteiger partial charge on any atom is -0.457 e. The first kappa shape index (κ1) is 65.3. The fourth-order valence-electron chi connectivity index (χ4n) is 10.8. The molecule has 10 atom stereocenters. The number of non-ortho nitro benzene ring substituents is 1. The lowest BCUT2D eigenvalue weighted by Gasteiger charge is -2.39. The van der Waals surface area contributed by atoms with Crippen LogP contribution in [0.15, 0.2) is 60.2 Å². The molecule has 2 aliphatic rings. The van der Waals surface area contributed by atoms with Gasteiger partial charge in [0.1, 0.15) is 17.5 Å². The SMILES string of the molecule is CCOCCOC1(C)CCC(O[Si](CC)(CC)CC)CC(=O)OC(/C(C)=C/C=C/C(C)(CC2OC2C(C)C(CC)O[Si](CC)(CC)CC)O[Si](CC)(CC)CC)C(C)/C=C/C1OC(=O)Oc1ccc([N+](=O)[O-])cc1. The quantitative estimate of drug-likeness (QED) is 0.00795. The number of carbonyl (C=O) groups is 2. The van der Waals surface area contributed by atoms with Crippen molar-refractivity contribution in [1.82, 2.24) is 0 Å². The number of nitro benzene ring substituents is 1. The highest BCUT2D eigenvalue weighted by molar-refractivity contribution is 6.74. The molecule has 0 aromatic heterocycles. The molecule has 10 unspecified atom stereocenters. The predicted molar refractivity (Wildman–Crippen MR) is 303 cm³/mol. The Labute approximate surface area is 449 Å². The molecule has 74 heavy (non-hydrogen) atoms. The van der Waals surface area contributed by atoms with Crippen LogP contribution in [-0.4, -0.2) is 110 Å². The molecule has 1 saturated heterocycles. The van der Waals surface area contributed by atoms with Crippen LogP contribution in [0.5, 0.6) is 5.75 Å². The third kappa shape index (κ3) is 18.9. The molecule has 0 radical (unpaired) electrons. The highest BCUT2D eigenvalue weighted by Gasteiger charge is 2.51. The number of hydrogen-bond acceptors (Lipinski definition) is 13. The van der Waals surface area contributed by atoms with Gasteiger partial charge in [0.25, 0.3) is 5.69 Å². The number of esters is 1. The molecule has 2 heterocycles. The van der Waals surface area contributed by atoms with Crippen LogP contribution in [0.1, 0.15) is 143 Å². The van der Waals surface area contributed by atoms with E-state index in [0.717, 1.165) is 66.4 Å². The van der Waals surface area contributed by atoms with Gasteiger partial charge in [0.05, 0.1) is 48.5 Å². The summed E-state index contributed by atoms with van der Waals surface area (Å²) < 4.78 is 58.6. The van der Waals surface area contributed by atoms with Gasteiger partial charge in [0, 0.05) is 43.1 Å². The second-order valence-corrected chi connectivity index (χ2v) is 35.5. The van der Waals surface area contributed by atoms with E-state index in [-0.39, 0.29) is 54.7 Å². The Morgan fingerprint density at radius 1 is 0.892 bits per heavy atom. The Hall–Kier alpha value is -3.01. The van der Waals surface area contributed by atoms with Crippen molar-refractivity contribution >= 4 is 42.8 Å². The van der Waals surface area contributed by atoms with E-state index in [1.165, 1.54) is 24.3 Å². The lowest BCUT2D eigenvalue weighted by atomic mass is 9.88. The van der Waals surface area contributed by atoms with E-state index in [1.807, 2.05) is 39.8 Å². The number of cyclic esters (lactones) is 1. The Bertz CT molecular complexity index is 1930. The molecule has 0 saturated carbocycles. The predicted octanol–water partition coefficient (Wildman–Crippen LogP) is 14.8. The van der Waals surface area contributed by atoms with E-state index in [4.69, 9.17) is 41.7 Å². The molecule has 17 heteroatoms. The van der Waals surface area contributed by atoms with Gasteiger partial charge >= 0.3 is 12.1 Å². The molecule has 0 spiro atoms. The van der Waals surface area contributed by atoms with Crippen molar-refractivity contribution in [2.45, 2.75) is 245 Å². The first-order valence-corrected chi connectivity index (χ1v) is 36.0. The van der Waals surface area contributed by atoms with E-state index in [0.29, 0.717) is 32.5 Å². The molecular formula is C57H99NO13Si3. The van der Waals surface area contributed by atoms with Gasteiger partial charge in [-0.2, -0.15) is 0 Å². The second kappa shape index (κ2) is 30.8. The minimum atomic E-state index is -2.23. The lowest BCUT2D eigenvalue weighted by molar-refractivity contribution is -0.384. The molecular weight excluding hydrogens is 991 g/mol. The van der Waals surface area contributed by atoms with Crippen LogP contribution in [0.25, 0.3) is 0 Å². The Morgan fingerprint density at radius 3 is 2.03 bits per heavy atom. The standard InChI is InChI=1S/C57H99NO13Si3/c1-17-49(70-73(22-6,23-7)24-8)45(14)54-50(66-54)42-56(15,71-74(25-9,26-10)27-11)37-28-29-43(12)53-44(13)30-35-51(67-55(60)65-47-33-31-46(32-34-47)58(61)62)57(16,64-40-39-63-18-2)38-36-48(41-52(59)68-53)69-72(19-3,20-4)21-5/h28-35,37,44-45,48-51,53-54H,17-27,36,38-42H2,1-16H3/b35-30+,37-28+,43-29+. The zero-order valence-electron chi connectivity index (χ0n) is 48.6. The minimum absolute atomic E-state index is 0.0403. The summed E-state index contributed by atoms with van der Waals surface area (Å²) in [5.74, 6) is -0.397. The average molecular weight is 1090 g/mol. The van der Waals surface area contributed by atoms with Gasteiger partial charge < -0.3 is 41.7 Å². The highest BCUT2D eigenvalue weighted by atomic mass is 28.4. The molecule has 1 fully saturated rings. The number of nitro groups is 1. The molecule has 1 aromatic carbocycles. The molecule has 2 aliphatic heterocycles. The number of carbonyl (C=O) groups excluding carboxylic acids is 2. The Kier molecular flexibility index (Phi) is 27.2. The molecule has 0 amide bonds. The van der Waals surface area contributed by atoms with Crippen molar-refractivity contribution in [2.24, 2.45) is 11.8 Å². The number of benzene rings is 1. The van der Waals surface area contributed by atoms with E-state index in [1.54, 1.807) is 6.08 Å². The first-order valence-electron chi connectivity index (χ1n) is 28.4. The maximum atomic E-state index is 14.3. The van der Waals surface area contributed by atoms with Crippen LogP contribution in [0.2, 0.25) is 54.4 Å². The topological polar surface area (TPSA) is 164 Å². The molecule has 0 aliphatic carbocycles. The third-order valence-corrected chi connectivity index (χ3v) is 30.8. The van der Waals surface area contributed by atoms with Gasteiger partial charge in [-0.1, -0.05) is 107 Å². The van der Waals surface area contributed by atoms with E-state index in [2.05, 4.69) is 95.2 Å². The van der Waals surface area contributed by atoms with Crippen LogP contribution < -0.4 is 4.74 Å². The fourth-order valence-corrected chi connectivity index (χ4v) is 19.8. The highest BCUT2D eigenvalue weighted by Crippen LogP contribution is 2.43. The van der Waals surface area contributed by atoms with Crippen molar-refractivity contribution in [1.29, 1.82) is 0 Å². The van der Waals surface area contributed by atoms with E-state index in [9.17, 15) is 19.7 Å². The lowest BCUT2D eigenvalue weighted by Crippen LogP contribution is -2.47. The third-order valence-electron chi connectivity index (χ3n) is 16.7. The summed E-state index contributed by atoms with van der Waals surface area (Å²) >= 11 is 0. The van der Waals surface area contributed by atoms with E-state index < -0.39 is 71.5 Å². The maximum Gasteiger partial charge on any atom is 0.514 e. The molecule has 0 N–H and O–H groups in total. The van der Waals surface area contributed by atoms with E-state index >= 15 is 0 Å². The van der Waals surface area contributed by atoms with Crippen LogP contribution in [-0.2, 0) is 41.8 Å². The summed E-state index contributed by atoms with van der Waals surface area (Å²) in [6.07, 6.45) is 9.56. The zero-order chi connectivity index (χ0) is 55.3. The number of nitrogens with zero attached hydrogens (tertiary/aromatic N) is 1. The monoisotopic (exact) mass is 1090 g/mol. The van der Waals surface area contributed by atoms with Crippen LogP contribution in [0.3, 0.4) is 0 Å². The first-order chi connectivity index (χ1) is 35.1. The maximum absolute atomic E-state index is 14.3. The summed E-state index contributed by atoms with van der Waals surface area (Å²) in [5, 5.41) is 11.3. The van der Waals surface area contributed by atoms with Crippen LogP contribution in [0, 0.1) is 22.0 Å². The number of ether oxygens (including phenoxy) is 6. The van der Waals surface area contributed by atoms with Gasteiger partial charge in [-0.25, -0.2) is 4.79 Å². The number of epoxide rings is 1. The summed E-state index contributed by atoms with van der Waals surface area (Å²) in [6.45, 7) is 35.6. The molecule has 3 rings (SSSR count). The summed E-state index contributed by atoms with van der Waals surface area (Å²) in [7, 11) is -6.14. The van der Waals surface area contributed by atoms with Crippen molar-refractivity contribution in [3.8, 4) is 5.75 Å². The van der Waals surface area contributed by atoms with Gasteiger partial charge in [0.2, 0.25) is 0 Å². The molecule has 422 valence electrons. The van der Waals surface area contributed by atoms with Gasteiger partial charge in [-0.05, 0) is 125 Å². The van der Waals surface area contributed by atoms with Crippen molar-refractivity contribution in [3.05, 3.63) is 70.3 Å². The van der Waals surface area contributed by atoms with Crippen molar-refractivity contribution < 1.29 is 56.2 Å².